The van der Waals surface area contributed by atoms with Crippen LogP contribution in [0, 0.1) is 6.92 Å². The van der Waals surface area contributed by atoms with Gasteiger partial charge in [0.05, 0.1) is 19.2 Å². The number of methoxy groups -OCH3 is 1. The van der Waals surface area contributed by atoms with Crippen LogP contribution in [-0.4, -0.2) is 52.1 Å². The number of ether oxygens (including phenoxy) is 3. The first kappa shape index (κ1) is 23.3. The van der Waals surface area contributed by atoms with Gasteiger partial charge in [-0.05, 0) is 55.8 Å². The Bertz CT molecular complexity index is 1310. The molecule has 0 aliphatic carbocycles. The van der Waals surface area contributed by atoms with Gasteiger partial charge in [0.2, 0.25) is 5.88 Å². The molecule has 34 heavy (non-hydrogen) atoms. The number of hydrogen-bond acceptors (Lipinski definition) is 7. The number of nitrogens with one attached hydrogen (secondary N) is 1. The fraction of sp³-hybridized carbons (Fsp3) is 0.250. The van der Waals surface area contributed by atoms with Crippen molar-refractivity contribution >= 4 is 23.2 Å². The van der Waals surface area contributed by atoms with Crippen LogP contribution in [0.2, 0.25) is 5.02 Å². The molecule has 10 heteroatoms. The molecule has 176 valence electrons. The van der Waals surface area contributed by atoms with E-state index in [1.54, 1.807) is 48.9 Å². The predicted octanol–water partition coefficient (Wildman–Crippen LogP) is 3.72. The molecule has 0 bridgehead atoms. The molecule has 2 aromatic heterocycles. The van der Waals surface area contributed by atoms with E-state index in [1.807, 2.05) is 31.2 Å². The van der Waals surface area contributed by atoms with E-state index in [2.05, 4.69) is 20.6 Å². The predicted molar refractivity (Wildman–Crippen MR) is 128 cm³/mol. The summed E-state index contributed by atoms with van der Waals surface area (Å²) in [6, 6.07) is 16.2. The van der Waals surface area contributed by atoms with Crippen LogP contribution in [0.15, 0.2) is 54.6 Å². The van der Waals surface area contributed by atoms with Crippen LogP contribution in [0.3, 0.4) is 0 Å². The minimum atomic E-state index is -0.671. The zero-order valence-electron chi connectivity index (χ0n) is 19.0. The first-order valence-corrected chi connectivity index (χ1v) is 11.0. The number of rotatable bonds is 9. The van der Waals surface area contributed by atoms with Crippen molar-refractivity contribution in [2.75, 3.05) is 20.3 Å². The molecule has 1 atom stereocenters. The second-order valence-electron chi connectivity index (χ2n) is 7.48. The highest BCUT2D eigenvalue weighted by Gasteiger charge is 2.16. The molecule has 2 aromatic carbocycles. The summed E-state index contributed by atoms with van der Waals surface area (Å²) in [7, 11) is 1.60. The molecular weight excluding hydrogens is 458 g/mol. The van der Waals surface area contributed by atoms with Gasteiger partial charge in [0.15, 0.2) is 17.6 Å². The second-order valence-corrected chi connectivity index (χ2v) is 7.88. The lowest BCUT2D eigenvalue weighted by Gasteiger charge is -2.15. The van der Waals surface area contributed by atoms with E-state index in [0.29, 0.717) is 33.9 Å². The minimum Gasteiger partial charge on any atom is -0.496 e. The SMILES string of the molecule is COc1ccccc1-c1nnc2ccc(OCCNC(=O)C(C)Oc3ccc(Cl)c(C)c3)nn12. The third-order valence-electron chi connectivity index (χ3n) is 5.05. The van der Waals surface area contributed by atoms with Crippen molar-refractivity contribution in [2.24, 2.45) is 0 Å². The van der Waals surface area contributed by atoms with Crippen molar-refractivity contribution in [3.63, 3.8) is 0 Å². The van der Waals surface area contributed by atoms with Gasteiger partial charge in [-0.1, -0.05) is 23.7 Å². The lowest BCUT2D eigenvalue weighted by molar-refractivity contribution is -0.127. The second kappa shape index (κ2) is 10.4. The van der Waals surface area contributed by atoms with Crippen LogP contribution in [0.5, 0.6) is 17.4 Å². The van der Waals surface area contributed by atoms with Crippen molar-refractivity contribution in [3.8, 4) is 28.8 Å². The van der Waals surface area contributed by atoms with Gasteiger partial charge in [0.25, 0.3) is 5.91 Å². The molecule has 4 rings (SSSR count). The van der Waals surface area contributed by atoms with Gasteiger partial charge in [0, 0.05) is 11.1 Å². The molecule has 0 aliphatic rings. The zero-order chi connectivity index (χ0) is 24.1. The van der Waals surface area contributed by atoms with Crippen LogP contribution < -0.4 is 19.5 Å². The van der Waals surface area contributed by atoms with E-state index in [9.17, 15) is 4.79 Å². The first-order valence-electron chi connectivity index (χ1n) is 10.7. The van der Waals surface area contributed by atoms with Crippen molar-refractivity contribution < 1.29 is 19.0 Å². The molecule has 2 heterocycles. The number of benzene rings is 2. The lowest BCUT2D eigenvalue weighted by atomic mass is 10.2. The molecule has 9 nitrogen and oxygen atoms in total. The topological polar surface area (TPSA) is 99.9 Å². The summed E-state index contributed by atoms with van der Waals surface area (Å²) in [5.41, 5.74) is 2.22. The highest BCUT2D eigenvalue weighted by atomic mass is 35.5. The van der Waals surface area contributed by atoms with Crippen LogP contribution in [0.4, 0.5) is 0 Å². The number of aryl methyl sites for hydroxylation is 1. The Hall–Kier alpha value is -3.85. The van der Waals surface area contributed by atoms with Crippen LogP contribution in [0.25, 0.3) is 17.0 Å². The van der Waals surface area contributed by atoms with E-state index in [0.717, 1.165) is 11.1 Å². The summed E-state index contributed by atoms with van der Waals surface area (Å²) < 4.78 is 18.4. The van der Waals surface area contributed by atoms with Crippen molar-refractivity contribution in [1.29, 1.82) is 0 Å². The molecule has 0 radical (unpaired) electrons. The molecular formula is C24H24ClN5O4. The Morgan fingerprint density at radius 2 is 1.97 bits per heavy atom. The number of aromatic nitrogens is 4. The zero-order valence-corrected chi connectivity index (χ0v) is 19.7. The van der Waals surface area contributed by atoms with Gasteiger partial charge < -0.3 is 19.5 Å². The molecule has 1 amide bonds. The first-order chi connectivity index (χ1) is 16.5. The number of hydrogen-bond donors (Lipinski definition) is 1. The molecule has 0 saturated carbocycles. The highest BCUT2D eigenvalue weighted by molar-refractivity contribution is 6.31. The molecule has 0 fully saturated rings. The normalized spacial score (nSPS) is 11.8. The lowest BCUT2D eigenvalue weighted by Crippen LogP contribution is -2.38. The minimum absolute atomic E-state index is 0.225. The van der Waals surface area contributed by atoms with Crippen molar-refractivity contribution in [3.05, 3.63) is 65.2 Å². The Labute approximate surface area is 201 Å². The van der Waals surface area contributed by atoms with E-state index in [4.69, 9.17) is 25.8 Å². The third-order valence-corrected chi connectivity index (χ3v) is 5.47. The Morgan fingerprint density at radius 1 is 1.15 bits per heavy atom. The number of carbonyl (C=O) groups excluding carboxylic acids is 1. The summed E-state index contributed by atoms with van der Waals surface area (Å²) in [6.45, 7) is 4.07. The van der Waals surface area contributed by atoms with Crippen molar-refractivity contribution in [1.82, 2.24) is 25.1 Å². The van der Waals surface area contributed by atoms with Crippen LogP contribution in [-0.2, 0) is 4.79 Å². The van der Waals surface area contributed by atoms with Crippen molar-refractivity contribution in [2.45, 2.75) is 20.0 Å². The fourth-order valence-electron chi connectivity index (χ4n) is 3.27. The van der Waals surface area contributed by atoms with Gasteiger partial charge >= 0.3 is 0 Å². The van der Waals surface area contributed by atoms with Gasteiger partial charge in [-0.3, -0.25) is 4.79 Å². The highest BCUT2D eigenvalue weighted by Crippen LogP contribution is 2.28. The molecule has 0 spiro atoms. The smallest absolute Gasteiger partial charge is 0.260 e. The van der Waals surface area contributed by atoms with Gasteiger partial charge in [0.1, 0.15) is 18.1 Å². The largest absolute Gasteiger partial charge is 0.496 e. The van der Waals surface area contributed by atoms with E-state index in [-0.39, 0.29) is 19.1 Å². The number of halogens is 1. The number of amides is 1. The van der Waals surface area contributed by atoms with E-state index >= 15 is 0 Å². The molecule has 4 aromatic rings. The fourth-order valence-corrected chi connectivity index (χ4v) is 3.39. The number of para-hydroxylation sites is 1. The van der Waals surface area contributed by atoms with Gasteiger partial charge in [-0.25, -0.2) is 0 Å². The van der Waals surface area contributed by atoms with Crippen LogP contribution in [0.1, 0.15) is 12.5 Å². The summed E-state index contributed by atoms with van der Waals surface area (Å²) in [6.07, 6.45) is -0.671. The molecule has 1 N–H and O–H groups in total. The summed E-state index contributed by atoms with van der Waals surface area (Å²) in [4.78, 5) is 12.3. The van der Waals surface area contributed by atoms with Crippen LogP contribution >= 0.6 is 11.6 Å². The maximum Gasteiger partial charge on any atom is 0.260 e. The maximum absolute atomic E-state index is 12.3. The Balaban J connectivity index is 1.34. The monoisotopic (exact) mass is 481 g/mol. The standard InChI is InChI=1S/C24H24ClN5O4/c1-15-14-17(8-9-19(15)25)34-16(2)24(31)26-12-13-33-22-11-10-21-27-28-23(30(21)29-22)18-6-4-5-7-20(18)32-3/h4-11,14,16H,12-13H2,1-3H3,(H,26,31). The van der Waals surface area contributed by atoms with E-state index in [1.165, 1.54) is 0 Å². The Morgan fingerprint density at radius 3 is 2.76 bits per heavy atom. The number of carbonyl (C=O) groups is 1. The van der Waals surface area contributed by atoms with Gasteiger partial charge in [-0.2, -0.15) is 4.52 Å². The summed E-state index contributed by atoms with van der Waals surface area (Å²) >= 11 is 6.03. The molecule has 0 aliphatic heterocycles. The number of fused-ring (bicyclic) bond motifs is 1. The maximum atomic E-state index is 12.3. The summed E-state index contributed by atoms with van der Waals surface area (Å²) in [5.74, 6) is 1.90. The van der Waals surface area contributed by atoms with Gasteiger partial charge in [-0.15, -0.1) is 15.3 Å². The number of nitrogens with zero attached hydrogens (tertiary/aromatic N) is 4. The van der Waals surface area contributed by atoms with E-state index < -0.39 is 6.10 Å². The Kier molecular flexibility index (Phi) is 7.12. The third kappa shape index (κ3) is 5.20. The average Bonchev–Trinajstić information content (AvgIpc) is 3.27. The quantitative estimate of drug-likeness (QED) is 0.363. The summed E-state index contributed by atoms with van der Waals surface area (Å²) in [5, 5.41) is 16.3. The average molecular weight is 482 g/mol. The molecule has 0 saturated heterocycles. The molecule has 1 unspecified atom stereocenters.